The van der Waals surface area contributed by atoms with Crippen molar-refractivity contribution < 1.29 is 14.5 Å². The van der Waals surface area contributed by atoms with E-state index in [-0.39, 0.29) is 11.3 Å². The summed E-state index contributed by atoms with van der Waals surface area (Å²) in [7, 11) is 1.49. The number of nitro groups is 1. The molecule has 4 rings (SSSR count). The molecule has 0 unspecified atom stereocenters. The fraction of sp³-hybridized carbons (Fsp3) is 0.185. The van der Waals surface area contributed by atoms with Crippen LogP contribution in [0.3, 0.4) is 0 Å². The van der Waals surface area contributed by atoms with Crippen LogP contribution in [0.2, 0.25) is 0 Å². The Morgan fingerprint density at radius 1 is 1.25 bits per heavy atom. The molecule has 0 fully saturated rings. The minimum Gasteiger partial charge on any atom is -0.495 e. The first-order valence-corrected chi connectivity index (χ1v) is 11.3. The van der Waals surface area contributed by atoms with Crippen LogP contribution in [-0.2, 0) is 11.2 Å². The molecule has 0 atom stereocenters. The van der Waals surface area contributed by atoms with Crippen molar-refractivity contribution in [3.63, 3.8) is 0 Å². The number of nitrogens with one attached hydrogen (secondary N) is 2. The van der Waals surface area contributed by atoms with Crippen LogP contribution in [0.4, 0.5) is 5.69 Å². The lowest BCUT2D eigenvalue weighted by molar-refractivity contribution is -0.384. The number of non-ortho nitro benzene ring substituents is 1. The van der Waals surface area contributed by atoms with Crippen molar-refractivity contribution in [2.24, 2.45) is 0 Å². The van der Waals surface area contributed by atoms with E-state index >= 15 is 0 Å². The highest BCUT2D eigenvalue weighted by atomic mass is 16.6. The molecule has 0 aliphatic rings. The highest BCUT2D eigenvalue weighted by Crippen LogP contribution is 2.32. The lowest BCUT2D eigenvalue weighted by Gasteiger charge is -2.14. The van der Waals surface area contributed by atoms with Crippen molar-refractivity contribution >= 4 is 28.6 Å². The van der Waals surface area contributed by atoms with E-state index in [2.05, 4.69) is 10.3 Å². The summed E-state index contributed by atoms with van der Waals surface area (Å²) >= 11 is 0. The Hall–Kier alpha value is -4.84. The van der Waals surface area contributed by atoms with E-state index in [1.807, 2.05) is 61.0 Å². The van der Waals surface area contributed by atoms with Gasteiger partial charge >= 0.3 is 0 Å². The van der Waals surface area contributed by atoms with Crippen LogP contribution in [0, 0.1) is 35.3 Å². The molecule has 0 saturated heterocycles. The van der Waals surface area contributed by atoms with Gasteiger partial charge in [0.1, 0.15) is 17.4 Å². The predicted octanol–water partition coefficient (Wildman–Crippen LogP) is 4.76. The van der Waals surface area contributed by atoms with Crippen LogP contribution in [0.25, 0.3) is 22.7 Å². The Labute approximate surface area is 207 Å². The third-order valence-corrected chi connectivity index (χ3v) is 6.10. The number of nitriles is 1. The van der Waals surface area contributed by atoms with Gasteiger partial charge in [-0.05, 0) is 55.7 Å². The van der Waals surface area contributed by atoms with Crippen molar-refractivity contribution in [3.8, 4) is 17.5 Å². The molecule has 9 heteroatoms. The number of carbonyl (C=O) groups is 1. The van der Waals surface area contributed by atoms with E-state index < -0.39 is 10.8 Å². The van der Waals surface area contributed by atoms with Crippen molar-refractivity contribution in [1.82, 2.24) is 14.9 Å². The topological polar surface area (TPSA) is 126 Å². The molecule has 0 aliphatic carbocycles. The quantitative estimate of drug-likeness (QED) is 0.162. The molecule has 1 amide bonds. The number of rotatable bonds is 8. The zero-order valence-corrected chi connectivity index (χ0v) is 20.2. The number of aryl methyl sites for hydroxylation is 1. The minimum absolute atomic E-state index is 0.0276. The molecule has 0 aliphatic heterocycles. The highest BCUT2D eigenvalue weighted by Gasteiger charge is 2.18. The molecule has 0 spiro atoms. The summed E-state index contributed by atoms with van der Waals surface area (Å²) < 4.78 is 7.23. The second kappa shape index (κ2) is 10.2. The number of carbonyl (C=O) groups excluding carboxylic acids is 1. The fourth-order valence-electron chi connectivity index (χ4n) is 4.32. The molecule has 2 aromatic carbocycles. The molecule has 36 heavy (non-hydrogen) atoms. The first kappa shape index (κ1) is 24.3. The minimum atomic E-state index is -0.466. The van der Waals surface area contributed by atoms with Crippen LogP contribution in [0.1, 0.15) is 22.5 Å². The molecular weight excluding hydrogens is 458 g/mol. The van der Waals surface area contributed by atoms with Gasteiger partial charge < -0.3 is 19.6 Å². The largest absolute Gasteiger partial charge is 0.495 e. The number of hydrogen-bond acceptors (Lipinski definition) is 5. The lowest BCUT2D eigenvalue weighted by Crippen LogP contribution is -2.26. The number of aromatic amines is 1. The third kappa shape index (κ3) is 4.70. The van der Waals surface area contributed by atoms with Gasteiger partial charge in [-0.25, -0.2) is 0 Å². The van der Waals surface area contributed by atoms with Gasteiger partial charge in [-0.3, -0.25) is 14.9 Å². The van der Waals surface area contributed by atoms with E-state index in [1.54, 1.807) is 6.07 Å². The van der Waals surface area contributed by atoms with Crippen molar-refractivity contribution in [1.29, 1.82) is 5.26 Å². The smallest absolute Gasteiger partial charge is 0.271 e. The number of ether oxygens (including phenoxy) is 1. The van der Waals surface area contributed by atoms with Crippen molar-refractivity contribution in [2.45, 2.75) is 20.3 Å². The van der Waals surface area contributed by atoms with E-state index in [0.29, 0.717) is 35.7 Å². The van der Waals surface area contributed by atoms with Crippen LogP contribution in [-0.4, -0.2) is 34.0 Å². The summed E-state index contributed by atoms with van der Waals surface area (Å²) in [5.74, 6) is 0.00327. The Morgan fingerprint density at radius 3 is 2.75 bits per heavy atom. The third-order valence-electron chi connectivity index (χ3n) is 6.10. The van der Waals surface area contributed by atoms with Gasteiger partial charge in [-0.1, -0.05) is 18.2 Å². The van der Waals surface area contributed by atoms with Gasteiger partial charge in [0.2, 0.25) is 0 Å². The number of H-pyrrole nitrogens is 1. The van der Waals surface area contributed by atoms with E-state index in [9.17, 15) is 20.2 Å². The molecule has 0 bridgehead atoms. The average molecular weight is 484 g/mol. The summed E-state index contributed by atoms with van der Waals surface area (Å²) in [4.78, 5) is 26.8. The monoisotopic (exact) mass is 483 g/mol. The molecule has 0 radical (unpaired) electrons. The Balaban J connectivity index is 1.56. The van der Waals surface area contributed by atoms with Crippen LogP contribution in [0.15, 0.2) is 60.3 Å². The maximum atomic E-state index is 12.8. The second-order valence-electron chi connectivity index (χ2n) is 8.31. The number of methoxy groups -OCH3 is 1. The first-order valence-electron chi connectivity index (χ1n) is 11.3. The molecular formula is C27H25N5O4. The SMILES string of the molecule is COc1ccc([N+](=O)[O-])cc1-n1c(C)cc(/C=C(/C#N)C(=O)NCCc2c[nH]c3ccccc23)c1C. The number of fused-ring (bicyclic) bond motifs is 1. The molecule has 4 aromatic rings. The zero-order valence-electron chi connectivity index (χ0n) is 20.2. The summed E-state index contributed by atoms with van der Waals surface area (Å²) in [5.41, 5.74) is 4.67. The van der Waals surface area contributed by atoms with Crippen LogP contribution in [0.5, 0.6) is 5.75 Å². The Kier molecular flexibility index (Phi) is 6.88. The van der Waals surface area contributed by atoms with Gasteiger partial charge in [0, 0.05) is 47.2 Å². The van der Waals surface area contributed by atoms with Crippen molar-refractivity contribution in [3.05, 3.63) is 92.9 Å². The number of amides is 1. The summed E-state index contributed by atoms with van der Waals surface area (Å²) in [5, 5.41) is 24.9. The van der Waals surface area contributed by atoms with Gasteiger partial charge in [-0.2, -0.15) is 5.26 Å². The van der Waals surface area contributed by atoms with Crippen LogP contribution < -0.4 is 10.1 Å². The number of benzene rings is 2. The molecule has 2 aromatic heterocycles. The number of nitrogens with zero attached hydrogens (tertiary/aromatic N) is 3. The molecule has 2 N–H and O–H groups in total. The van der Waals surface area contributed by atoms with Gasteiger partial charge in [0.05, 0.1) is 17.7 Å². The zero-order chi connectivity index (χ0) is 25.8. The first-order chi connectivity index (χ1) is 17.3. The summed E-state index contributed by atoms with van der Waals surface area (Å²) in [6, 6.07) is 16.1. The summed E-state index contributed by atoms with van der Waals surface area (Å²) in [6.45, 7) is 4.04. The maximum Gasteiger partial charge on any atom is 0.271 e. The number of aromatic nitrogens is 2. The highest BCUT2D eigenvalue weighted by molar-refractivity contribution is 6.01. The standard InChI is InChI=1S/C27H25N5O4/c1-17-12-20(18(2)31(17)25-14-22(32(34)35)8-9-26(25)36-3)13-21(15-28)27(33)29-11-10-19-16-30-24-7-5-4-6-23(19)24/h4-9,12-14,16,30H,10-11H2,1-3H3,(H,29,33)/b21-13-. The van der Waals surface area contributed by atoms with Gasteiger partial charge in [0.25, 0.3) is 11.6 Å². The molecule has 9 nitrogen and oxygen atoms in total. The van der Waals surface area contributed by atoms with Crippen LogP contribution >= 0.6 is 0 Å². The number of hydrogen-bond donors (Lipinski definition) is 2. The van der Waals surface area contributed by atoms with Gasteiger partial charge in [-0.15, -0.1) is 0 Å². The van der Waals surface area contributed by atoms with Crippen molar-refractivity contribution in [2.75, 3.05) is 13.7 Å². The van der Waals surface area contributed by atoms with E-state index in [4.69, 9.17) is 4.74 Å². The average Bonchev–Trinajstić information content (AvgIpc) is 3.41. The van der Waals surface area contributed by atoms with E-state index in [1.165, 1.54) is 25.3 Å². The van der Waals surface area contributed by atoms with Gasteiger partial charge in [0.15, 0.2) is 0 Å². The number of nitro benzene ring substituents is 1. The Bertz CT molecular complexity index is 1540. The predicted molar refractivity (Wildman–Crippen MR) is 137 cm³/mol. The molecule has 0 saturated carbocycles. The maximum absolute atomic E-state index is 12.8. The van der Waals surface area contributed by atoms with E-state index in [0.717, 1.165) is 22.2 Å². The molecule has 2 heterocycles. The normalized spacial score (nSPS) is 11.3. The molecule has 182 valence electrons. The Morgan fingerprint density at radius 2 is 2.03 bits per heavy atom. The fourth-order valence-corrected chi connectivity index (χ4v) is 4.32. The number of para-hydroxylation sites is 1. The summed E-state index contributed by atoms with van der Waals surface area (Å²) in [6.07, 6.45) is 4.08. The second-order valence-corrected chi connectivity index (χ2v) is 8.31. The lowest BCUT2D eigenvalue weighted by atomic mass is 10.1.